The molecule has 94 valence electrons. The van der Waals surface area contributed by atoms with Crippen molar-refractivity contribution in [2.24, 2.45) is 0 Å². The van der Waals surface area contributed by atoms with Crippen LogP contribution in [0.15, 0.2) is 59.1 Å². The summed E-state index contributed by atoms with van der Waals surface area (Å²) >= 11 is 6.93. The predicted molar refractivity (Wildman–Crippen MR) is 82.5 cm³/mol. The summed E-state index contributed by atoms with van der Waals surface area (Å²) in [5.41, 5.74) is 1.29. The van der Waals surface area contributed by atoms with Crippen molar-refractivity contribution in [3.8, 4) is 5.75 Å². The molecule has 0 aliphatic rings. The van der Waals surface area contributed by atoms with Crippen LogP contribution in [0, 0.1) is 0 Å². The summed E-state index contributed by atoms with van der Waals surface area (Å²) in [5, 5.41) is 0.817. The maximum atomic E-state index is 5.95. The molecule has 18 heavy (non-hydrogen) atoms. The molecule has 0 heterocycles. The van der Waals surface area contributed by atoms with Crippen molar-refractivity contribution in [2.75, 3.05) is 5.33 Å². The van der Waals surface area contributed by atoms with Crippen molar-refractivity contribution in [1.82, 2.24) is 0 Å². The fraction of sp³-hybridized carbons (Fsp3) is 0.200. The third kappa shape index (κ3) is 4.14. The zero-order valence-corrected chi connectivity index (χ0v) is 13.0. The Kier molecular flexibility index (Phi) is 5.26. The average Bonchev–Trinajstić information content (AvgIpc) is 2.41. The number of ether oxygens (including phenoxy) is 1. The van der Waals surface area contributed by atoms with Gasteiger partial charge in [-0.2, -0.15) is 0 Å². The van der Waals surface area contributed by atoms with Crippen LogP contribution in [-0.4, -0.2) is 11.4 Å². The molecule has 3 heteroatoms. The van der Waals surface area contributed by atoms with Crippen LogP contribution in [0.5, 0.6) is 5.75 Å². The minimum atomic E-state index is 0.147. The lowest BCUT2D eigenvalue weighted by atomic mass is 10.1. The molecule has 0 amide bonds. The highest BCUT2D eigenvalue weighted by Crippen LogP contribution is 2.19. The highest BCUT2D eigenvalue weighted by atomic mass is 79.9. The van der Waals surface area contributed by atoms with Gasteiger partial charge >= 0.3 is 0 Å². The monoisotopic (exact) mass is 368 g/mol. The topological polar surface area (TPSA) is 9.23 Å². The predicted octanol–water partition coefficient (Wildman–Crippen LogP) is 4.83. The third-order valence-electron chi connectivity index (χ3n) is 2.59. The average molecular weight is 370 g/mol. The third-order valence-corrected chi connectivity index (χ3v) is 3.85. The number of alkyl halides is 1. The minimum absolute atomic E-state index is 0.147. The first kappa shape index (κ1) is 13.6. The summed E-state index contributed by atoms with van der Waals surface area (Å²) in [6.07, 6.45) is 1.05. The zero-order chi connectivity index (χ0) is 12.8. The van der Waals surface area contributed by atoms with Gasteiger partial charge in [0.1, 0.15) is 11.9 Å². The molecule has 2 rings (SSSR count). The molecule has 1 nitrogen and oxygen atoms in total. The van der Waals surface area contributed by atoms with Crippen molar-refractivity contribution >= 4 is 31.9 Å². The lowest BCUT2D eigenvalue weighted by Gasteiger charge is -2.17. The van der Waals surface area contributed by atoms with Gasteiger partial charge in [0.2, 0.25) is 0 Å². The van der Waals surface area contributed by atoms with E-state index < -0.39 is 0 Å². The van der Waals surface area contributed by atoms with E-state index in [0.717, 1.165) is 22.0 Å². The fourth-order valence-corrected chi connectivity index (χ4v) is 2.34. The normalized spacial score (nSPS) is 12.1. The molecule has 0 unspecified atom stereocenters. The lowest BCUT2D eigenvalue weighted by Crippen LogP contribution is -2.21. The van der Waals surface area contributed by atoms with E-state index in [9.17, 15) is 0 Å². The number of rotatable bonds is 5. The molecule has 0 radical (unpaired) electrons. The summed E-state index contributed by atoms with van der Waals surface area (Å²) in [7, 11) is 0. The number of hydrogen-bond acceptors (Lipinski definition) is 1. The fourth-order valence-electron chi connectivity index (χ4n) is 1.71. The van der Waals surface area contributed by atoms with Crippen molar-refractivity contribution in [2.45, 2.75) is 12.5 Å². The summed E-state index contributed by atoms with van der Waals surface area (Å²) in [6.45, 7) is 0. The van der Waals surface area contributed by atoms with Gasteiger partial charge in [0.15, 0.2) is 0 Å². The molecule has 2 aromatic rings. The van der Waals surface area contributed by atoms with Crippen LogP contribution in [0.1, 0.15) is 5.56 Å². The first-order valence-corrected chi connectivity index (χ1v) is 7.71. The lowest BCUT2D eigenvalue weighted by molar-refractivity contribution is 0.228. The van der Waals surface area contributed by atoms with E-state index in [4.69, 9.17) is 4.74 Å². The van der Waals surface area contributed by atoms with Crippen LogP contribution in [0.3, 0.4) is 0 Å². The Morgan fingerprint density at radius 1 is 0.944 bits per heavy atom. The Balaban J connectivity index is 1.99. The molecule has 2 aromatic carbocycles. The van der Waals surface area contributed by atoms with Gasteiger partial charge in [-0.25, -0.2) is 0 Å². The van der Waals surface area contributed by atoms with E-state index >= 15 is 0 Å². The smallest absolute Gasteiger partial charge is 0.119 e. The van der Waals surface area contributed by atoms with E-state index in [1.165, 1.54) is 5.56 Å². The van der Waals surface area contributed by atoms with Crippen molar-refractivity contribution < 1.29 is 4.74 Å². The molecule has 0 fully saturated rings. The minimum Gasteiger partial charge on any atom is -0.489 e. The number of halogens is 2. The Labute approximate surface area is 124 Å². The Morgan fingerprint density at radius 3 is 2.22 bits per heavy atom. The quantitative estimate of drug-likeness (QED) is 0.685. The Bertz CT molecular complexity index is 468. The van der Waals surface area contributed by atoms with Gasteiger partial charge in [0.05, 0.1) is 0 Å². The molecular weight excluding hydrogens is 356 g/mol. The van der Waals surface area contributed by atoms with E-state index in [-0.39, 0.29) is 6.10 Å². The molecule has 0 bridgehead atoms. The van der Waals surface area contributed by atoms with Gasteiger partial charge in [-0.3, -0.25) is 0 Å². The highest BCUT2D eigenvalue weighted by molar-refractivity contribution is 9.10. The van der Waals surface area contributed by atoms with E-state index in [1.54, 1.807) is 0 Å². The molecule has 0 saturated carbocycles. The molecule has 0 saturated heterocycles. The highest BCUT2D eigenvalue weighted by Gasteiger charge is 2.09. The summed E-state index contributed by atoms with van der Waals surface area (Å²) in [4.78, 5) is 0. The van der Waals surface area contributed by atoms with Crippen LogP contribution >= 0.6 is 31.9 Å². The van der Waals surface area contributed by atoms with Gasteiger partial charge in [-0.15, -0.1) is 0 Å². The Morgan fingerprint density at radius 2 is 1.61 bits per heavy atom. The zero-order valence-electron chi connectivity index (χ0n) is 9.85. The maximum absolute atomic E-state index is 5.95. The van der Waals surface area contributed by atoms with Gasteiger partial charge in [-0.1, -0.05) is 62.2 Å². The molecule has 0 aromatic heterocycles. The second kappa shape index (κ2) is 6.95. The SMILES string of the molecule is BrC[C@@H](Cc1ccccc1)Oc1ccc(Br)cc1. The molecule has 0 N–H and O–H groups in total. The summed E-state index contributed by atoms with van der Waals surface area (Å²) in [5.74, 6) is 0.901. The van der Waals surface area contributed by atoms with Gasteiger partial charge in [0, 0.05) is 16.2 Å². The van der Waals surface area contributed by atoms with Gasteiger partial charge in [-0.05, 0) is 29.8 Å². The maximum Gasteiger partial charge on any atom is 0.119 e. The van der Waals surface area contributed by atoms with Crippen LogP contribution in [0.2, 0.25) is 0 Å². The van der Waals surface area contributed by atoms with Crippen LogP contribution in [0.4, 0.5) is 0 Å². The van der Waals surface area contributed by atoms with Crippen molar-refractivity contribution in [3.63, 3.8) is 0 Å². The first-order valence-electron chi connectivity index (χ1n) is 5.80. The first-order chi connectivity index (χ1) is 8.78. The van der Waals surface area contributed by atoms with Crippen LogP contribution in [0.25, 0.3) is 0 Å². The van der Waals surface area contributed by atoms with E-state index in [1.807, 2.05) is 30.3 Å². The van der Waals surface area contributed by atoms with Crippen LogP contribution < -0.4 is 4.74 Å². The second-order valence-electron chi connectivity index (χ2n) is 4.04. The number of hydrogen-bond donors (Lipinski definition) is 0. The van der Waals surface area contributed by atoms with Crippen molar-refractivity contribution in [3.05, 3.63) is 64.6 Å². The summed E-state index contributed by atoms with van der Waals surface area (Å²) in [6, 6.07) is 18.3. The largest absolute Gasteiger partial charge is 0.489 e. The van der Waals surface area contributed by atoms with Crippen LogP contribution in [-0.2, 0) is 6.42 Å². The molecule has 0 spiro atoms. The number of benzene rings is 2. The standard InChI is InChI=1S/C15H14Br2O/c16-11-15(10-12-4-2-1-3-5-12)18-14-8-6-13(17)7-9-14/h1-9,15H,10-11H2/t15-/m1/s1. The van der Waals surface area contributed by atoms with Gasteiger partial charge in [0.25, 0.3) is 0 Å². The van der Waals surface area contributed by atoms with E-state index in [2.05, 4.69) is 56.1 Å². The van der Waals surface area contributed by atoms with Crippen molar-refractivity contribution in [1.29, 1.82) is 0 Å². The second-order valence-corrected chi connectivity index (χ2v) is 5.60. The summed E-state index contributed by atoms with van der Waals surface area (Å²) < 4.78 is 7.02. The van der Waals surface area contributed by atoms with E-state index in [0.29, 0.717) is 0 Å². The van der Waals surface area contributed by atoms with Gasteiger partial charge < -0.3 is 4.74 Å². The molecule has 0 aliphatic carbocycles. The Hall–Kier alpha value is -0.800. The molecule has 1 atom stereocenters. The molecular formula is C15H14Br2O. The molecule has 0 aliphatic heterocycles.